The summed E-state index contributed by atoms with van der Waals surface area (Å²) in [6.07, 6.45) is 10.7. The average Bonchev–Trinajstić information content (AvgIpc) is 3.39. The molecule has 0 aromatic carbocycles. The topological polar surface area (TPSA) is 107 Å². The molecule has 1 saturated heterocycles. The van der Waals surface area contributed by atoms with Gasteiger partial charge in [-0.3, -0.25) is 9.59 Å². The molecule has 1 aliphatic heterocycles. The van der Waals surface area contributed by atoms with Crippen molar-refractivity contribution in [3.8, 4) is 0 Å². The van der Waals surface area contributed by atoms with Gasteiger partial charge >= 0.3 is 5.97 Å². The summed E-state index contributed by atoms with van der Waals surface area (Å²) in [5.41, 5.74) is -0.198. The lowest BCUT2D eigenvalue weighted by Crippen LogP contribution is -2.62. The highest BCUT2D eigenvalue weighted by atomic mass is 16.5. The molecular weight excluding hydrogens is 602 g/mol. The minimum Gasteiger partial charge on any atom is -0.462 e. The first-order valence-corrected chi connectivity index (χ1v) is 20.1. The molecule has 0 amide bonds. The Kier molecular flexibility index (Phi) is 12.5. The van der Waals surface area contributed by atoms with Gasteiger partial charge in [-0.25, -0.2) is 0 Å². The van der Waals surface area contributed by atoms with Gasteiger partial charge in [-0.15, -0.1) is 0 Å². The van der Waals surface area contributed by atoms with Gasteiger partial charge < -0.3 is 25.0 Å². The fourth-order valence-corrected chi connectivity index (χ4v) is 11.9. The number of Topliss-reactive ketones (excluding diaryl/α,β-unsaturated/α-hetero) is 1. The average molecular weight is 674 g/mol. The van der Waals surface area contributed by atoms with Gasteiger partial charge in [0.1, 0.15) is 11.9 Å². The summed E-state index contributed by atoms with van der Waals surface area (Å²) >= 11 is 0. The fraction of sp³-hybridized carbons (Fsp3) is 0.951. The third-order valence-electron chi connectivity index (χ3n) is 15.0. The van der Waals surface area contributed by atoms with Crippen LogP contribution >= 0.6 is 0 Å². The third kappa shape index (κ3) is 7.89. The molecule has 0 spiro atoms. The van der Waals surface area contributed by atoms with Crippen LogP contribution in [0.5, 0.6) is 0 Å². The summed E-state index contributed by atoms with van der Waals surface area (Å²) in [5.74, 6) is 1.98. The van der Waals surface area contributed by atoms with E-state index in [1.54, 1.807) is 0 Å². The van der Waals surface area contributed by atoms with Crippen molar-refractivity contribution < 1.29 is 29.6 Å². The van der Waals surface area contributed by atoms with Crippen molar-refractivity contribution in [1.29, 1.82) is 0 Å². The molecule has 0 aromatic rings. The maximum atomic E-state index is 13.4. The number of aliphatic hydroxyl groups excluding tert-OH is 3. The van der Waals surface area contributed by atoms with Crippen molar-refractivity contribution in [1.82, 2.24) is 4.90 Å². The van der Waals surface area contributed by atoms with Crippen molar-refractivity contribution in [3.05, 3.63) is 0 Å². The molecule has 3 N–H and O–H groups in total. The van der Waals surface area contributed by atoms with Crippen LogP contribution in [0.2, 0.25) is 0 Å². The number of carbonyl (C=O) groups is 2. The Labute approximate surface area is 292 Å². The zero-order valence-corrected chi connectivity index (χ0v) is 31.5. The van der Waals surface area contributed by atoms with Gasteiger partial charge in [0.2, 0.25) is 0 Å². The number of aliphatic hydroxyl groups is 3. The zero-order chi connectivity index (χ0) is 35.0. The second kappa shape index (κ2) is 15.7. The molecule has 7 nitrogen and oxygen atoms in total. The van der Waals surface area contributed by atoms with Gasteiger partial charge in [0, 0.05) is 25.9 Å². The maximum absolute atomic E-state index is 13.4. The number of piperidine rings is 1. The van der Waals surface area contributed by atoms with Crippen molar-refractivity contribution in [2.45, 2.75) is 163 Å². The van der Waals surface area contributed by atoms with Crippen LogP contribution in [0.4, 0.5) is 0 Å². The van der Waals surface area contributed by atoms with Crippen LogP contribution in [0, 0.1) is 64.1 Å². The first kappa shape index (κ1) is 38.2. The number of hydrogen-bond acceptors (Lipinski definition) is 7. The molecule has 4 aliphatic carbocycles. The van der Waals surface area contributed by atoms with Gasteiger partial charge in [-0.05, 0) is 142 Å². The number of nitrogens with zero attached hydrogens (tertiary/aromatic N) is 1. The van der Waals surface area contributed by atoms with Crippen LogP contribution in [-0.4, -0.2) is 76.0 Å². The van der Waals surface area contributed by atoms with Crippen LogP contribution < -0.4 is 0 Å². The van der Waals surface area contributed by atoms with Crippen LogP contribution in [-0.2, 0) is 14.3 Å². The number of ketones is 1. The van der Waals surface area contributed by atoms with Crippen molar-refractivity contribution in [3.63, 3.8) is 0 Å². The summed E-state index contributed by atoms with van der Waals surface area (Å²) in [6, 6.07) is 0. The molecule has 5 aliphatic rings. The molecule has 0 radical (unpaired) electrons. The third-order valence-corrected chi connectivity index (χ3v) is 15.0. The van der Waals surface area contributed by atoms with Crippen LogP contribution in [0.25, 0.3) is 0 Å². The summed E-state index contributed by atoms with van der Waals surface area (Å²) in [6.45, 7) is 18.6. The summed E-state index contributed by atoms with van der Waals surface area (Å²) in [5, 5.41) is 33.9. The molecular formula is C41H71NO6. The van der Waals surface area contributed by atoms with Gasteiger partial charge in [0.05, 0.1) is 24.2 Å². The van der Waals surface area contributed by atoms with Gasteiger partial charge in [0.25, 0.3) is 0 Å². The molecule has 5 rings (SSSR count). The van der Waals surface area contributed by atoms with Crippen LogP contribution in [0.15, 0.2) is 0 Å². The normalized spacial score (nSPS) is 40.2. The van der Waals surface area contributed by atoms with Crippen molar-refractivity contribution in [2.75, 3.05) is 19.6 Å². The maximum Gasteiger partial charge on any atom is 0.309 e. The van der Waals surface area contributed by atoms with E-state index in [2.05, 4.69) is 39.5 Å². The van der Waals surface area contributed by atoms with Crippen LogP contribution in [0.3, 0.4) is 0 Å². The van der Waals surface area contributed by atoms with Gasteiger partial charge in [-0.2, -0.15) is 0 Å². The number of likely N-dealkylation sites (tertiary alicyclic amines) is 1. The number of ether oxygens (including phenoxy) is 1. The predicted octanol–water partition coefficient (Wildman–Crippen LogP) is 7.04. The SMILES string of the molecule is CC(C)CCCN1CCC(OC(=O)[C@H](CC(=O)CC[C@H](C)[C@@H]2CC[C@@H]3[C@@H]4[C@@H](C[C@@H](O)[C@]32C)[C@]2(C)CC[C@H](O)C[C@@H]2C[C@@H]4O)C(C)C)CC1. The lowest BCUT2D eigenvalue weighted by molar-refractivity contribution is -0.207. The van der Waals surface area contributed by atoms with E-state index in [1.807, 2.05) is 13.8 Å². The quantitative estimate of drug-likeness (QED) is 0.180. The van der Waals surface area contributed by atoms with E-state index < -0.39 is 12.0 Å². The van der Waals surface area contributed by atoms with Crippen LogP contribution in [0.1, 0.15) is 138 Å². The van der Waals surface area contributed by atoms with E-state index in [0.717, 1.165) is 89.8 Å². The summed E-state index contributed by atoms with van der Waals surface area (Å²) in [7, 11) is 0. The second-order valence-electron chi connectivity index (χ2n) is 18.6. The minimum absolute atomic E-state index is 0.0469. The van der Waals surface area contributed by atoms with Crippen molar-refractivity contribution >= 4 is 11.8 Å². The minimum atomic E-state index is -0.420. The van der Waals surface area contributed by atoms with Gasteiger partial charge in [-0.1, -0.05) is 48.5 Å². The molecule has 5 fully saturated rings. The standard InChI is InChI=1S/C41H71NO6/c1-25(2)9-8-18-42-19-15-31(16-20-42)48-39(47)32(26(3)4)23-29(43)11-10-27(5)33-12-13-34-38-35(24-37(46)41(33,34)7)40(6)17-14-30(44)21-28(40)22-36(38)45/h25-28,30-38,44-46H,8-24H2,1-7H3/t27-,28+,30-,32+,33-,34+,35+,36-,37+,38+,40+,41-/m0/s1. The Morgan fingerprint density at radius 1 is 0.875 bits per heavy atom. The zero-order valence-electron chi connectivity index (χ0n) is 31.5. The lowest BCUT2D eigenvalue weighted by atomic mass is 9.43. The Hall–Kier alpha value is -1.02. The van der Waals surface area contributed by atoms with E-state index in [4.69, 9.17) is 4.74 Å². The number of hydrogen-bond donors (Lipinski definition) is 3. The molecule has 0 bridgehead atoms. The Bertz CT molecular complexity index is 1090. The number of rotatable bonds is 13. The second-order valence-corrected chi connectivity index (χ2v) is 18.6. The smallest absolute Gasteiger partial charge is 0.309 e. The van der Waals surface area contributed by atoms with E-state index >= 15 is 0 Å². The molecule has 0 unspecified atom stereocenters. The molecule has 4 saturated carbocycles. The monoisotopic (exact) mass is 674 g/mol. The highest BCUT2D eigenvalue weighted by molar-refractivity contribution is 5.84. The molecule has 1 heterocycles. The highest BCUT2D eigenvalue weighted by Crippen LogP contribution is 2.68. The molecule has 12 atom stereocenters. The lowest BCUT2D eigenvalue weighted by Gasteiger charge is -2.63. The summed E-state index contributed by atoms with van der Waals surface area (Å²) < 4.78 is 6.02. The van der Waals surface area contributed by atoms with Crippen molar-refractivity contribution in [2.24, 2.45) is 64.1 Å². The molecule has 7 heteroatoms. The first-order chi connectivity index (χ1) is 22.6. The number of fused-ring (bicyclic) bond motifs is 5. The number of carbonyl (C=O) groups excluding carboxylic acids is 2. The Morgan fingerprint density at radius 2 is 1.58 bits per heavy atom. The highest BCUT2D eigenvalue weighted by Gasteiger charge is 2.65. The largest absolute Gasteiger partial charge is 0.462 e. The molecule has 276 valence electrons. The Morgan fingerprint density at radius 3 is 2.25 bits per heavy atom. The Balaban J connectivity index is 1.12. The van der Waals surface area contributed by atoms with E-state index in [0.29, 0.717) is 18.3 Å². The van der Waals surface area contributed by atoms with E-state index in [9.17, 15) is 24.9 Å². The van der Waals surface area contributed by atoms with E-state index in [1.165, 1.54) is 12.8 Å². The van der Waals surface area contributed by atoms with E-state index in [-0.39, 0.29) is 76.9 Å². The fourth-order valence-electron chi connectivity index (χ4n) is 11.9. The molecule has 48 heavy (non-hydrogen) atoms. The number of esters is 1. The predicted molar refractivity (Wildman–Crippen MR) is 190 cm³/mol. The van der Waals surface area contributed by atoms with Gasteiger partial charge in [0.15, 0.2) is 0 Å². The molecule has 0 aromatic heterocycles. The summed E-state index contributed by atoms with van der Waals surface area (Å²) in [4.78, 5) is 29.2. The first-order valence-electron chi connectivity index (χ1n) is 20.1.